The van der Waals surface area contributed by atoms with E-state index in [0.29, 0.717) is 12.8 Å². The van der Waals surface area contributed by atoms with Gasteiger partial charge in [0.05, 0.1) is 5.41 Å². The fourth-order valence-corrected chi connectivity index (χ4v) is 2.51. The van der Waals surface area contributed by atoms with Crippen molar-refractivity contribution in [1.82, 2.24) is 0 Å². The molecule has 0 rings (SSSR count). The van der Waals surface area contributed by atoms with Gasteiger partial charge in [-0.05, 0) is 33.6 Å². The van der Waals surface area contributed by atoms with Gasteiger partial charge in [-0.3, -0.25) is 0 Å². The highest BCUT2D eigenvalue weighted by Crippen LogP contribution is 2.25. The Bertz CT molecular complexity index is 848. The monoisotopic (exact) mass is 564 g/mol. The highest BCUT2D eigenvalue weighted by atomic mass is 16.7. The predicted octanol–water partition coefficient (Wildman–Crippen LogP) is 5.09. The first-order chi connectivity index (χ1) is 18.7. The fraction of sp³-hybridized carbons (Fsp3) is 0.500. The van der Waals surface area contributed by atoms with E-state index in [2.05, 4.69) is 39.8 Å². The van der Waals surface area contributed by atoms with E-state index in [0.717, 1.165) is 31.4 Å². The normalized spacial score (nSPS) is 10.2. The number of hydrogen-bond acceptors (Lipinski definition) is 10. The summed E-state index contributed by atoms with van der Waals surface area (Å²) in [5.41, 5.74) is -0.116. The van der Waals surface area contributed by atoms with E-state index in [1.165, 1.54) is 20.8 Å². The standard InChI is InChI=1S/C18H26O6.C12H18O4/c1-8-18(9-22-15(19)12(2)3,10-23-16(20)13(4)5)11-24-17(21)14(6)7;1-4-7-8-9-12(15-10(13)5-2)16-11(14)6-3/h2,4,6,8-11H2,1,3,5,7H3;5-6,12H,2-4,7-9H2,1H3. The minimum Gasteiger partial charge on any atom is -0.461 e. The molecule has 40 heavy (non-hydrogen) atoms. The second-order valence-electron chi connectivity index (χ2n) is 9.13. The first-order valence-corrected chi connectivity index (χ1v) is 12.8. The molecule has 0 unspecified atom stereocenters. The average molecular weight is 565 g/mol. The van der Waals surface area contributed by atoms with Crippen molar-refractivity contribution >= 4 is 29.8 Å². The Hall–Kier alpha value is -3.95. The molecule has 0 amide bonds. The second kappa shape index (κ2) is 20.9. The molecule has 0 aromatic rings. The highest BCUT2D eigenvalue weighted by Gasteiger charge is 2.34. The van der Waals surface area contributed by atoms with Crippen molar-refractivity contribution in [1.29, 1.82) is 0 Å². The zero-order valence-electron chi connectivity index (χ0n) is 24.5. The van der Waals surface area contributed by atoms with Crippen LogP contribution < -0.4 is 0 Å². The Morgan fingerprint density at radius 2 is 1.02 bits per heavy atom. The molecule has 0 N–H and O–H groups in total. The Labute approximate surface area is 237 Å². The van der Waals surface area contributed by atoms with Gasteiger partial charge in [0.25, 0.3) is 0 Å². The quantitative estimate of drug-likeness (QED) is 0.0729. The van der Waals surface area contributed by atoms with Crippen LogP contribution >= 0.6 is 0 Å². The van der Waals surface area contributed by atoms with Crippen molar-refractivity contribution in [2.45, 2.75) is 73.0 Å². The first-order valence-electron chi connectivity index (χ1n) is 12.8. The molecule has 0 saturated carbocycles. The third-order valence-electron chi connectivity index (χ3n) is 5.20. The first kappa shape index (κ1) is 38.2. The smallest absolute Gasteiger partial charge is 0.333 e. The van der Waals surface area contributed by atoms with Crippen molar-refractivity contribution in [3.05, 3.63) is 61.8 Å². The lowest BCUT2D eigenvalue weighted by Crippen LogP contribution is -2.39. The molecule has 0 aromatic heterocycles. The van der Waals surface area contributed by atoms with E-state index in [4.69, 9.17) is 23.7 Å². The van der Waals surface area contributed by atoms with Crippen LogP contribution in [0.3, 0.4) is 0 Å². The van der Waals surface area contributed by atoms with Crippen LogP contribution in [0.1, 0.15) is 66.7 Å². The lowest BCUT2D eigenvalue weighted by molar-refractivity contribution is -0.182. The number of ether oxygens (including phenoxy) is 5. The number of carbonyl (C=O) groups is 5. The number of hydrogen-bond donors (Lipinski definition) is 0. The highest BCUT2D eigenvalue weighted by molar-refractivity contribution is 5.88. The fourth-order valence-electron chi connectivity index (χ4n) is 2.51. The number of esters is 5. The zero-order valence-corrected chi connectivity index (χ0v) is 24.5. The maximum atomic E-state index is 11.6. The maximum absolute atomic E-state index is 11.6. The summed E-state index contributed by atoms with van der Waals surface area (Å²) in [4.78, 5) is 56.8. The number of rotatable bonds is 18. The van der Waals surface area contributed by atoms with Crippen molar-refractivity contribution in [2.75, 3.05) is 19.8 Å². The van der Waals surface area contributed by atoms with Gasteiger partial charge in [0, 0.05) is 35.3 Å². The van der Waals surface area contributed by atoms with Crippen LogP contribution in [-0.4, -0.2) is 56.0 Å². The molecule has 0 aromatic carbocycles. The largest absolute Gasteiger partial charge is 0.461 e. The average Bonchev–Trinajstić information content (AvgIpc) is 2.92. The summed E-state index contributed by atoms with van der Waals surface area (Å²) in [5, 5.41) is 0. The van der Waals surface area contributed by atoms with Gasteiger partial charge in [-0.15, -0.1) is 0 Å². The van der Waals surface area contributed by atoms with Gasteiger partial charge >= 0.3 is 29.8 Å². The Morgan fingerprint density at radius 1 is 0.675 bits per heavy atom. The molecule has 224 valence electrons. The third-order valence-corrected chi connectivity index (χ3v) is 5.20. The summed E-state index contributed by atoms with van der Waals surface area (Å²) in [6.45, 7) is 25.3. The van der Waals surface area contributed by atoms with E-state index >= 15 is 0 Å². The number of carbonyl (C=O) groups excluding carboxylic acids is 5. The zero-order chi connectivity index (χ0) is 31.3. The molecule has 10 heteroatoms. The van der Waals surface area contributed by atoms with Crippen LogP contribution in [0.4, 0.5) is 0 Å². The van der Waals surface area contributed by atoms with E-state index < -0.39 is 41.6 Å². The molecular formula is C30H44O10. The topological polar surface area (TPSA) is 132 Å². The minimum atomic E-state index is -0.860. The van der Waals surface area contributed by atoms with Gasteiger partial charge in [-0.2, -0.15) is 0 Å². The predicted molar refractivity (Wildman–Crippen MR) is 151 cm³/mol. The van der Waals surface area contributed by atoms with E-state index in [9.17, 15) is 24.0 Å². The minimum absolute atomic E-state index is 0.0812. The summed E-state index contributed by atoms with van der Waals surface area (Å²) in [5.74, 6) is -2.89. The van der Waals surface area contributed by atoms with Crippen LogP contribution in [0.2, 0.25) is 0 Å². The van der Waals surface area contributed by atoms with Crippen LogP contribution in [0.15, 0.2) is 61.8 Å². The molecular weight excluding hydrogens is 520 g/mol. The van der Waals surface area contributed by atoms with Crippen molar-refractivity contribution < 1.29 is 47.7 Å². The Balaban J connectivity index is 0. The number of unbranched alkanes of at least 4 members (excludes halogenated alkanes) is 2. The summed E-state index contributed by atoms with van der Waals surface area (Å²) in [7, 11) is 0. The molecule has 0 radical (unpaired) electrons. The lowest BCUT2D eigenvalue weighted by Gasteiger charge is -2.31. The van der Waals surface area contributed by atoms with Gasteiger partial charge in [-0.1, -0.05) is 59.6 Å². The van der Waals surface area contributed by atoms with Crippen LogP contribution in [0.25, 0.3) is 0 Å². The SMILES string of the molecule is C=C(C)C(=O)OCC(CC)(COC(=O)C(=C)C)COC(=O)C(=C)C.C=CC(=O)OC(CCCCC)OC(=O)C=C. The van der Waals surface area contributed by atoms with Crippen LogP contribution in [0, 0.1) is 5.41 Å². The van der Waals surface area contributed by atoms with Crippen LogP contribution in [0.5, 0.6) is 0 Å². The third kappa shape index (κ3) is 17.5. The summed E-state index contributed by atoms with van der Waals surface area (Å²) >= 11 is 0. The summed E-state index contributed by atoms with van der Waals surface area (Å²) in [6, 6.07) is 0. The van der Waals surface area contributed by atoms with Gasteiger partial charge < -0.3 is 23.7 Å². The lowest BCUT2D eigenvalue weighted by atomic mass is 9.88. The van der Waals surface area contributed by atoms with E-state index in [1.54, 1.807) is 0 Å². The molecule has 0 bridgehead atoms. The molecule has 0 aliphatic heterocycles. The molecule has 0 aliphatic carbocycles. The van der Waals surface area contributed by atoms with Crippen molar-refractivity contribution in [3.8, 4) is 0 Å². The molecule has 10 nitrogen and oxygen atoms in total. The van der Waals surface area contributed by atoms with E-state index in [-0.39, 0.29) is 36.5 Å². The molecule has 0 spiro atoms. The molecule has 0 fully saturated rings. The van der Waals surface area contributed by atoms with Gasteiger partial charge in [0.1, 0.15) is 19.8 Å². The summed E-state index contributed by atoms with van der Waals surface area (Å²) in [6.07, 6.45) is 5.03. The van der Waals surface area contributed by atoms with Crippen LogP contribution in [-0.2, 0) is 47.7 Å². The van der Waals surface area contributed by atoms with Crippen molar-refractivity contribution in [3.63, 3.8) is 0 Å². The second-order valence-corrected chi connectivity index (χ2v) is 9.13. The molecule has 0 saturated heterocycles. The van der Waals surface area contributed by atoms with Gasteiger partial charge in [0.15, 0.2) is 0 Å². The Morgan fingerprint density at radius 3 is 1.27 bits per heavy atom. The van der Waals surface area contributed by atoms with E-state index in [1.807, 2.05) is 6.92 Å². The maximum Gasteiger partial charge on any atom is 0.333 e. The molecule has 0 heterocycles. The van der Waals surface area contributed by atoms with Crippen molar-refractivity contribution in [2.24, 2.45) is 5.41 Å². The Kier molecular flexibility index (Phi) is 20.0. The molecule has 0 atom stereocenters. The summed E-state index contributed by atoms with van der Waals surface area (Å²) < 4.78 is 25.3. The van der Waals surface area contributed by atoms with Gasteiger partial charge in [-0.25, -0.2) is 24.0 Å². The molecule has 0 aliphatic rings. The van der Waals surface area contributed by atoms with Gasteiger partial charge in [0.2, 0.25) is 6.29 Å².